The van der Waals surface area contributed by atoms with Crippen molar-refractivity contribution in [2.75, 3.05) is 0 Å². The first kappa shape index (κ1) is 19.3. The molecule has 0 saturated heterocycles. The lowest BCUT2D eigenvalue weighted by Gasteiger charge is -2.10. The van der Waals surface area contributed by atoms with E-state index >= 15 is 0 Å². The Morgan fingerprint density at radius 2 is 1.71 bits per heavy atom. The van der Waals surface area contributed by atoms with E-state index in [1.165, 1.54) is 5.56 Å². The van der Waals surface area contributed by atoms with Crippen LogP contribution in [0.3, 0.4) is 0 Å². The van der Waals surface area contributed by atoms with Crippen LogP contribution in [0.15, 0.2) is 78.9 Å². The lowest BCUT2D eigenvalue weighted by Crippen LogP contribution is -2.24. The van der Waals surface area contributed by atoms with Crippen LogP contribution in [0.2, 0.25) is 5.02 Å². The lowest BCUT2D eigenvalue weighted by molar-refractivity contribution is 0.0946. The molecule has 0 aliphatic heterocycles. The molecule has 0 unspecified atom stereocenters. The lowest BCUT2D eigenvalue weighted by atomic mass is 10.1. The fourth-order valence-electron chi connectivity index (χ4n) is 3.79. The standard InChI is InChI=1S/C26H20ClN3O/c1-16-10-12-17(13-11-16)15-28-26(31)23-14-20-18-6-3-5-9-22(18)29-25(20)24(30-23)19-7-2-4-8-21(19)27/h2-14,29H,15H2,1H3,(H,28,31). The number of hydrogen-bond acceptors (Lipinski definition) is 2. The van der Waals surface area contributed by atoms with Crippen LogP contribution in [-0.2, 0) is 6.54 Å². The van der Waals surface area contributed by atoms with Gasteiger partial charge in [0.05, 0.1) is 16.2 Å². The summed E-state index contributed by atoms with van der Waals surface area (Å²) in [5.41, 5.74) is 5.89. The van der Waals surface area contributed by atoms with Crippen LogP contribution in [0.1, 0.15) is 21.6 Å². The Morgan fingerprint density at radius 3 is 2.52 bits per heavy atom. The van der Waals surface area contributed by atoms with Crippen LogP contribution in [0.4, 0.5) is 0 Å². The maximum atomic E-state index is 13.0. The van der Waals surface area contributed by atoms with Gasteiger partial charge >= 0.3 is 0 Å². The molecule has 0 bridgehead atoms. The predicted molar refractivity (Wildman–Crippen MR) is 126 cm³/mol. The van der Waals surface area contributed by atoms with Gasteiger partial charge in [0.2, 0.25) is 0 Å². The molecule has 5 heteroatoms. The van der Waals surface area contributed by atoms with Crippen molar-refractivity contribution < 1.29 is 4.79 Å². The normalized spacial score (nSPS) is 11.2. The third-order valence-corrected chi connectivity index (χ3v) is 5.76. The second-order valence-electron chi connectivity index (χ2n) is 7.60. The number of rotatable bonds is 4. The Labute approximate surface area is 184 Å². The molecule has 31 heavy (non-hydrogen) atoms. The summed E-state index contributed by atoms with van der Waals surface area (Å²) in [5, 5.41) is 5.57. The fourth-order valence-corrected chi connectivity index (χ4v) is 4.01. The van der Waals surface area contributed by atoms with Crippen molar-refractivity contribution in [1.82, 2.24) is 15.3 Å². The molecule has 152 valence electrons. The average molecular weight is 426 g/mol. The highest BCUT2D eigenvalue weighted by Gasteiger charge is 2.18. The van der Waals surface area contributed by atoms with Crippen LogP contribution < -0.4 is 5.32 Å². The number of halogens is 1. The van der Waals surface area contributed by atoms with Crippen molar-refractivity contribution >= 4 is 39.3 Å². The van der Waals surface area contributed by atoms with Gasteiger partial charge in [0.15, 0.2) is 0 Å². The zero-order valence-corrected chi connectivity index (χ0v) is 17.7. The van der Waals surface area contributed by atoms with E-state index in [0.29, 0.717) is 23.0 Å². The fraction of sp³-hybridized carbons (Fsp3) is 0.0769. The summed E-state index contributed by atoms with van der Waals surface area (Å²) in [5.74, 6) is -0.221. The summed E-state index contributed by atoms with van der Waals surface area (Å²) in [6.45, 7) is 2.48. The highest BCUT2D eigenvalue weighted by molar-refractivity contribution is 6.33. The summed E-state index contributed by atoms with van der Waals surface area (Å²) in [7, 11) is 0. The molecule has 3 aromatic carbocycles. The molecule has 5 rings (SSSR count). The van der Waals surface area contributed by atoms with Crippen molar-refractivity contribution in [1.29, 1.82) is 0 Å². The van der Waals surface area contributed by atoms with Crippen molar-refractivity contribution in [3.8, 4) is 11.3 Å². The Hall–Kier alpha value is -3.63. The van der Waals surface area contributed by atoms with E-state index in [1.54, 1.807) is 0 Å². The van der Waals surface area contributed by atoms with Crippen LogP contribution in [0.5, 0.6) is 0 Å². The Morgan fingerprint density at radius 1 is 0.968 bits per heavy atom. The van der Waals surface area contributed by atoms with Crippen LogP contribution in [0.25, 0.3) is 33.1 Å². The van der Waals surface area contributed by atoms with Crippen LogP contribution in [0, 0.1) is 6.92 Å². The largest absolute Gasteiger partial charge is 0.353 e. The number of pyridine rings is 1. The number of aromatic nitrogens is 2. The van der Waals surface area contributed by atoms with E-state index in [4.69, 9.17) is 16.6 Å². The number of H-pyrrole nitrogens is 1. The summed E-state index contributed by atoms with van der Waals surface area (Å²) in [6, 6.07) is 25.5. The number of carbonyl (C=O) groups excluding carboxylic acids is 1. The summed E-state index contributed by atoms with van der Waals surface area (Å²) in [4.78, 5) is 21.2. The third kappa shape index (κ3) is 3.66. The van der Waals surface area contributed by atoms with E-state index in [9.17, 15) is 4.79 Å². The number of carbonyl (C=O) groups is 1. The maximum absolute atomic E-state index is 13.0. The van der Waals surface area contributed by atoms with Gasteiger partial charge in [0.1, 0.15) is 5.69 Å². The smallest absolute Gasteiger partial charge is 0.270 e. The van der Waals surface area contributed by atoms with Gasteiger partial charge in [-0.1, -0.05) is 77.8 Å². The predicted octanol–water partition coefficient (Wildman–Crippen LogP) is 6.27. The molecule has 4 nitrogen and oxygen atoms in total. The number of hydrogen-bond donors (Lipinski definition) is 2. The number of benzene rings is 3. The second kappa shape index (κ2) is 7.89. The monoisotopic (exact) mass is 425 g/mol. The van der Waals surface area contributed by atoms with Crippen molar-refractivity contribution in [2.24, 2.45) is 0 Å². The molecule has 0 spiro atoms. The average Bonchev–Trinajstić information content (AvgIpc) is 3.17. The first-order chi connectivity index (χ1) is 15.1. The van der Waals surface area contributed by atoms with Crippen molar-refractivity contribution in [3.63, 3.8) is 0 Å². The molecule has 2 N–H and O–H groups in total. The number of aryl methyl sites for hydroxylation is 1. The molecule has 2 heterocycles. The zero-order valence-electron chi connectivity index (χ0n) is 16.9. The minimum absolute atomic E-state index is 0.221. The third-order valence-electron chi connectivity index (χ3n) is 5.43. The molecule has 5 aromatic rings. The van der Waals surface area contributed by atoms with Gasteiger partial charge in [-0.05, 0) is 30.7 Å². The zero-order chi connectivity index (χ0) is 21.4. The molecule has 0 atom stereocenters. The Balaban J connectivity index is 1.61. The molecule has 0 fully saturated rings. The van der Waals surface area contributed by atoms with Gasteiger partial charge in [-0.3, -0.25) is 4.79 Å². The maximum Gasteiger partial charge on any atom is 0.270 e. The molecule has 1 amide bonds. The first-order valence-corrected chi connectivity index (χ1v) is 10.5. The number of nitrogens with one attached hydrogen (secondary N) is 2. The number of para-hydroxylation sites is 1. The van der Waals surface area contributed by atoms with Crippen molar-refractivity contribution in [3.05, 3.63) is 101 Å². The van der Waals surface area contributed by atoms with E-state index in [0.717, 1.165) is 32.9 Å². The van der Waals surface area contributed by atoms with Gasteiger partial charge in [-0.25, -0.2) is 4.98 Å². The number of amides is 1. The minimum Gasteiger partial charge on any atom is -0.353 e. The van der Waals surface area contributed by atoms with E-state index in [-0.39, 0.29) is 5.91 Å². The van der Waals surface area contributed by atoms with Gasteiger partial charge < -0.3 is 10.3 Å². The van der Waals surface area contributed by atoms with E-state index < -0.39 is 0 Å². The number of fused-ring (bicyclic) bond motifs is 3. The topological polar surface area (TPSA) is 57.8 Å². The molecule has 0 saturated carbocycles. The van der Waals surface area contributed by atoms with Gasteiger partial charge in [-0.2, -0.15) is 0 Å². The molecule has 0 radical (unpaired) electrons. The Bertz CT molecular complexity index is 1420. The van der Waals surface area contributed by atoms with Crippen molar-refractivity contribution in [2.45, 2.75) is 13.5 Å². The van der Waals surface area contributed by atoms with Gasteiger partial charge in [0.25, 0.3) is 5.91 Å². The highest BCUT2D eigenvalue weighted by Crippen LogP contribution is 2.35. The first-order valence-electron chi connectivity index (χ1n) is 10.1. The van der Waals surface area contributed by atoms with E-state index in [2.05, 4.69) is 10.3 Å². The summed E-state index contributed by atoms with van der Waals surface area (Å²) >= 11 is 6.49. The van der Waals surface area contributed by atoms with Crippen LogP contribution >= 0.6 is 11.6 Å². The molecule has 2 aromatic heterocycles. The number of nitrogens with zero attached hydrogens (tertiary/aromatic N) is 1. The van der Waals surface area contributed by atoms with E-state index in [1.807, 2.05) is 85.8 Å². The molecular formula is C26H20ClN3O. The molecular weight excluding hydrogens is 406 g/mol. The van der Waals surface area contributed by atoms with Gasteiger partial charge in [0, 0.05) is 28.4 Å². The highest BCUT2D eigenvalue weighted by atomic mass is 35.5. The minimum atomic E-state index is -0.221. The molecule has 0 aliphatic carbocycles. The SMILES string of the molecule is Cc1ccc(CNC(=O)c2cc3c([nH]c4ccccc43)c(-c3ccccc3Cl)n2)cc1. The summed E-state index contributed by atoms with van der Waals surface area (Å²) in [6.07, 6.45) is 0. The second-order valence-corrected chi connectivity index (χ2v) is 8.00. The summed E-state index contributed by atoms with van der Waals surface area (Å²) < 4.78 is 0. The van der Waals surface area contributed by atoms with Crippen LogP contribution in [-0.4, -0.2) is 15.9 Å². The quantitative estimate of drug-likeness (QED) is 0.356. The van der Waals surface area contributed by atoms with Gasteiger partial charge in [-0.15, -0.1) is 0 Å². The Kier molecular flexibility index (Phi) is 4.92. The number of aromatic amines is 1. The molecule has 0 aliphatic rings.